The zero-order valence-electron chi connectivity index (χ0n) is 17.5. The molecule has 6 heteroatoms. The number of epoxide rings is 3. The Bertz CT molecular complexity index is 677. The molecule has 3 saturated heterocycles. The fourth-order valence-electron chi connectivity index (χ4n) is 4.84. The SMILES string of the molecule is COC1C(OC(=O)C=CC2OC2C)CCC2(CO2)C1C1(C)OC1CC=C(C)C. The summed E-state index contributed by atoms with van der Waals surface area (Å²) in [4.78, 5) is 12.3. The minimum absolute atomic E-state index is 0.0302. The largest absolute Gasteiger partial charge is 0.456 e. The lowest BCUT2D eigenvalue weighted by atomic mass is 9.68. The summed E-state index contributed by atoms with van der Waals surface area (Å²) in [6, 6.07) is 0. The van der Waals surface area contributed by atoms with Crippen molar-refractivity contribution in [1.29, 1.82) is 0 Å². The van der Waals surface area contributed by atoms with Crippen LogP contribution < -0.4 is 0 Å². The van der Waals surface area contributed by atoms with Crippen LogP contribution in [-0.4, -0.2) is 61.4 Å². The Morgan fingerprint density at radius 3 is 2.61 bits per heavy atom. The molecule has 8 unspecified atom stereocenters. The van der Waals surface area contributed by atoms with Crippen LogP contribution in [-0.2, 0) is 28.5 Å². The summed E-state index contributed by atoms with van der Waals surface area (Å²) in [5.41, 5.74) is 0.765. The van der Waals surface area contributed by atoms with E-state index in [1.807, 2.05) is 6.92 Å². The lowest BCUT2D eigenvalue weighted by Crippen LogP contribution is -2.55. The molecule has 4 aliphatic rings. The van der Waals surface area contributed by atoms with E-state index in [1.54, 1.807) is 13.2 Å². The second kappa shape index (κ2) is 7.24. The normalized spacial score (nSPS) is 46.5. The average molecular weight is 392 g/mol. The highest BCUT2D eigenvalue weighted by Crippen LogP contribution is 2.59. The van der Waals surface area contributed by atoms with Crippen LogP contribution in [0.25, 0.3) is 0 Å². The molecule has 156 valence electrons. The highest BCUT2D eigenvalue weighted by atomic mass is 16.6. The molecule has 0 aromatic carbocycles. The Balaban J connectivity index is 1.45. The number of hydrogen-bond acceptors (Lipinski definition) is 6. The number of esters is 1. The van der Waals surface area contributed by atoms with Crippen LogP contribution in [0.4, 0.5) is 0 Å². The molecule has 0 aromatic heterocycles. The summed E-state index contributed by atoms with van der Waals surface area (Å²) in [5.74, 6) is -0.299. The van der Waals surface area contributed by atoms with Crippen LogP contribution in [0, 0.1) is 5.92 Å². The molecule has 3 heterocycles. The summed E-state index contributed by atoms with van der Waals surface area (Å²) < 4.78 is 29.1. The molecule has 1 spiro atoms. The molecule has 28 heavy (non-hydrogen) atoms. The number of allylic oxidation sites excluding steroid dienone is 1. The second-order valence-electron chi connectivity index (χ2n) is 9.02. The van der Waals surface area contributed by atoms with Gasteiger partial charge in [-0.1, -0.05) is 11.6 Å². The molecule has 0 radical (unpaired) electrons. The third-order valence-corrected chi connectivity index (χ3v) is 6.68. The van der Waals surface area contributed by atoms with Gasteiger partial charge < -0.3 is 23.7 Å². The minimum atomic E-state index is -0.343. The number of rotatable bonds is 7. The molecular formula is C22H32O6. The number of carbonyl (C=O) groups excluding carboxylic acids is 1. The van der Waals surface area contributed by atoms with Gasteiger partial charge in [0.1, 0.15) is 29.5 Å². The van der Waals surface area contributed by atoms with Gasteiger partial charge in [-0.05, 0) is 53.0 Å². The van der Waals surface area contributed by atoms with E-state index in [1.165, 1.54) is 11.6 Å². The Kier molecular flexibility index (Phi) is 5.19. The molecule has 0 N–H and O–H groups in total. The van der Waals surface area contributed by atoms with E-state index in [0.29, 0.717) is 0 Å². The zero-order chi connectivity index (χ0) is 20.1. The van der Waals surface area contributed by atoms with Crippen molar-refractivity contribution in [2.24, 2.45) is 5.92 Å². The summed E-state index contributed by atoms with van der Waals surface area (Å²) in [6.45, 7) is 9.04. The van der Waals surface area contributed by atoms with Crippen LogP contribution in [0.5, 0.6) is 0 Å². The smallest absolute Gasteiger partial charge is 0.330 e. The van der Waals surface area contributed by atoms with E-state index in [4.69, 9.17) is 23.7 Å². The topological polar surface area (TPSA) is 73.1 Å². The van der Waals surface area contributed by atoms with Gasteiger partial charge in [-0.3, -0.25) is 0 Å². The summed E-state index contributed by atoms with van der Waals surface area (Å²) in [5, 5.41) is 0. The van der Waals surface area contributed by atoms with Gasteiger partial charge in [-0.25, -0.2) is 4.79 Å². The molecule has 0 bridgehead atoms. The molecule has 3 aliphatic heterocycles. The van der Waals surface area contributed by atoms with E-state index in [2.05, 4.69) is 26.8 Å². The first kappa shape index (κ1) is 20.1. The Labute approximate surface area is 167 Å². The van der Waals surface area contributed by atoms with E-state index in [0.717, 1.165) is 25.9 Å². The monoisotopic (exact) mass is 392 g/mol. The van der Waals surface area contributed by atoms with E-state index >= 15 is 0 Å². The molecule has 8 atom stereocenters. The van der Waals surface area contributed by atoms with Crippen molar-refractivity contribution in [2.75, 3.05) is 13.7 Å². The fraction of sp³-hybridized carbons (Fsp3) is 0.773. The predicted octanol–water partition coefficient (Wildman–Crippen LogP) is 2.95. The first-order valence-corrected chi connectivity index (χ1v) is 10.3. The number of carbonyl (C=O) groups is 1. The van der Waals surface area contributed by atoms with Crippen molar-refractivity contribution < 1.29 is 28.5 Å². The Hall–Kier alpha value is -1.21. The first-order chi connectivity index (χ1) is 13.3. The van der Waals surface area contributed by atoms with E-state index in [9.17, 15) is 4.79 Å². The highest BCUT2D eigenvalue weighted by molar-refractivity contribution is 5.82. The summed E-state index contributed by atoms with van der Waals surface area (Å²) in [7, 11) is 1.69. The van der Waals surface area contributed by atoms with Crippen LogP contribution in [0.1, 0.15) is 47.0 Å². The molecule has 1 aliphatic carbocycles. The van der Waals surface area contributed by atoms with Gasteiger partial charge in [0.2, 0.25) is 0 Å². The first-order valence-electron chi connectivity index (χ1n) is 10.3. The highest BCUT2D eigenvalue weighted by Gasteiger charge is 2.72. The van der Waals surface area contributed by atoms with Gasteiger partial charge in [0.05, 0.1) is 24.7 Å². The van der Waals surface area contributed by atoms with Crippen LogP contribution in [0.15, 0.2) is 23.8 Å². The number of hydrogen-bond donors (Lipinski definition) is 0. The Morgan fingerprint density at radius 2 is 2.04 bits per heavy atom. The maximum Gasteiger partial charge on any atom is 0.330 e. The molecule has 0 amide bonds. The van der Waals surface area contributed by atoms with Crippen LogP contribution in [0.3, 0.4) is 0 Å². The molecule has 4 rings (SSSR count). The third kappa shape index (κ3) is 3.80. The lowest BCUT2D eigenvalue weighted by molar-refractivity contribution is -0.166. The van der Waals surface area contributed by atoms with Gasteiger partial charge in [-0.15, -0.1) is 0 Å². The quantitative estimate of drug-likeness (QED) is 0.287. The van der Waals surface area contributed by atoms with Crippen molar-refractivity contribution in [3.63, 3.8) is 0 Å². The molecular weight excluding hydrogens is 360 g/mol. The van der Waals surface area contributed by atoms with Crippen molar-refractivity contribution in [3.8, 4) is 0 Å². The molecule has 6 nitrogen and oxygen atoms in total. The third-order valence-electron chi connectivity index (χ3n) is 6.68. The van der Waals surface area contributed by atoms with Crippen LogP contribution in [0.2, 0.25) is 0 Å². The predicted molar refractivity (Wildman–Crippen MR) is 103 cm³/mol. The molecule has 4 fully saturated rings. The van der Waals surface area contributed by atoms with Crippen molar-refractivity contribution in [1.82, 2.24) is 0 Å². The van der Waals surface area contributed by atoms with Gasteiger partial charge in [0.25, 0.3) is 0 Å². The summed E-state index contributed by atoms with van der Waals surface area (Å²) >= 11 is 0. The zero-order valence-corrected chi connectivity index (χ0v) is 17.5. The second-order valence-corrected chi connectivity index (χ2v) is 9.02. The maximum absolute atomic E-state index is 12.3. The standard InChI is InChI=1S/C22H32O6/c1-13(2)6-8-17-21(4,28-17)20-19(24-5)16(10-11-22(20)12-25-22)27-18(23)9-7-15-14(3)26-15/h6-7,9,14-17,19-20H,8,10-12H2,1-5H3. The van der Waals surface area contributed by atoms with Gasteiger partial charge in [0.15, 0.2) is 0 Å². The van der Waals surface area contributed by atoms with Gasteiger partial charge >= 0.3 is 5.97 Å². The molecule has 0 aromatic rings. The number of methoxy groups -OCH3 is 1. The number of ether oxygens (including phenoxy) is 5. The lowest BCUT2D eigenvalue weighted by Gasteiger charge is -2.42. The molecule has 1 saturated carbocycles. The average Bonchev–Trinajstić information content (AvgIpc) is 3.57. The van der Waals surface area contributed by atoms with Gasteiger partial charge in [-0.2, -0.15) is 0 Å². The minimum Gasteiger partial charge on any atom is -0.456 e. The van der Waals surface area contributed by atoms with Crippen molar-refractivity contribution in [2.45, 2.75) is 88.7 Å². The van der Waals surface area contributed by atoms with Crippen molar-refractivity contribution >= 4 is 5.97 Å². The van der Waals surface area contributed by atoms with Gasteiger partial charge in [0, 0.05) is 13.2 Å². The Morgan fingerprint density at radius 1 is 1.32 bits per heavy atom. The van der Waals surface area contributed by atoms with E-state index in [-0.39, 0.29) is 53.6 Å². The summed E-state index contributed by atoms with van der Waals surface area (Å²) in [6.07, 6.45) is 7.75. The fourth-order valence-corrected chi connectivity index (χ4v) is 4.84. The van der Waals surface area contributed by atoms with Crippen molar-refractivity contribution in [3.05, 3.63) is 23.8 Å². The van der Waals surface area contributed by atoms with Crippen LogP contribution >= 0.6 is 0 Å². The maximum atomic E-state index is 12.3. The van der Waals surface area contributed by atoms with E-state index < -0.39 is 0 Å².